The third kappa shape index (κ3) is 4.54. The summed E-state index contributed by atoms with van der Waals surface area (Å²) in [5.74, 6) is 0.319. The smallest absolute Gasteiger partial charge is 0.274 e. The van der Waals surface area contributed by atoms with Crippen molar-refractivity contribution >= 4 is 23.2 Å². The van der Waals surface area contributed by atoms with Gasteiger partial charge in [-0.05, 0) is 57.1 Å². The maximum atomic E-state index is 12.6. The van der Waals surface area contributed by atoms with Crippen molar-refractivity contribution in [1.29, 1.82) is 0 Å². The van der Waals surface area contributed by atoms with E-state index in [2.05, 4.69) is 49.6 Å². The Morgan fingerprint density at radius 1 is 1.07 bits per heavy atom. The van der Waals surface area contributed by atoms with Crippen LogP contribution in [0.5, 0.6) is 0 Å². The molecule has 2 heterocycles. The van der Waals surface area contributed by atoms with E-state index < -0.39 is 0 Å². The second kappa shape index (κ2) is 7.52. The summed E-state index contributed by atoms with van der Waals surface area (Å²) < 4.78 is 0. The van der Waals surface area contributed by atoms with Gasteiger partial charge in [-0.2, -0.15) is 0 Å². The molecule has 4 rings (SSSR count). The molecular formula is C20H26N6O. The van der Waals surface area contributed by atoms with Crippen molar-refractivity contribution in [3.8, 4) is 0 Å². The highest BCUT2D eigenvalue weighted by atomic mass is 16.1. The third-order valence-electron chi connectivity index (χ3n) is 4.99. The molecule has 0 atom stereocenters. The van der Waals surface area contributed by atoms with Gasteiger partial charge in [0.1, 0.15) is 5.69 Å². The zero-order chi connectivity index (χ0) is 18.8. The highest BCUT2D eigenvalue weighted by Crippen LogP contribution is 2.23. The number of amides is 1. The molecule has 0 spiro atoms. The molecule has 0 bridgehead atoms. The van der Waals surface area contributed by atoms with Crippen LogP contribution in [0.3, 0.4) is 0 Å². The van der Waals surface area contributed by atoms with Crippen molar-refractivity contribution in [2.45, 2.75) is 25.8 Å². The fourth-order valence-electron chi connectivity index (χ4n) is 3.18. The van der Waals surface area contributed by atoms with Gasteiger partial charge in [0.25, 0.3) is 5.91 Å². The maximum absolute atomic E-state index is 12.6. The van der Waals surface area contributed by atoms with Crippen LogP contribution in [-0.4, -0.2) is 60.0 Å². The summed E-state index contributed by atoms with van der Waals surface area (Å²) in [6.45, 7) is 6.07. The monoisotopic (exact) mass is 366 g/mol. The van der Waals surface area contributed by atoms with E-state index in [1.807, 2.05) is 19.1 Å². The molecule has 2 aromatic rings. The van der Waals surface area contributed by atoms with E-state index in [1.165, 1.54) is 5.69 Å². The first kappa shape index (κ1) is 17.7. The van der Waals surface area contributed by atoms with E-state index in [-0.39, 0.29) is 5.91 Å². The molecule has 1 saturated heterocycles. The lowest BCUT2D eigenvalue weighted by Gasteiger charge is -2.34. The van der Waals surface area contributed by atoms with Crippen LogP contribution in [0.2, 0.25) is 0 Å². The van der Waals surface area contributed by atoms with Gasteiger partial charge in [-0.25, -0.2) is 9.97 Å². The molecule has 27 heavy (non-hydrogen) atoms. The number of hydrogen-bond acceptors (Lipinski definition) is 6. The SMILES string of the molecule is Cc1cc(C(=O)Nc2ccc(N3CCN(C)CC3)cc2)nc(NC2CC2)n1. The Kier molecular flexibility index (Phi) is 4.94. The average Bonchev–Trinajstić information content (AvgIpc) is 3.46. The topological polar surface area (TPSA) is 73.4 Å². The average molecular weight is 366 g/mol. The number of benzene rings is 1. The number of anilines is 3. The van der Waals surface area contributed by atoms with Crippen molar-refractivity contribution in [3.05, 3.63) is 41.7 Å². The van der Waals surface area contributed by atoms with Crippen LogP contribution in [0.25, 0.3) is 0 Å². The van der Waals surface area contributed by atoms with Crippen LogP contribution in [0.15, 0.2) is 30.3 Å². The van der Waals surface area contributed by atoms with E-state index in [1.54, 1.807) is 6.07 Å². The Bertz CT molecular complexity index is 810. The molecule has 1 amide bonds. The molecule has 0 radical (unpaired) electrons. The molecule has 2 fully saturated rings. The largest absolute Gasteiger partial charge is 0.369 e. The van der Waals surface area contributed by atoms with E-state index in [4.69, 9.17) is 0 Å². The van der Waals surface area contributed by atoms with Gasteiger partial charge in [0.2, 0.25) is 5.95 Å². The zero-order valence-electron chi connectivity index (χ0n) is 15.9. The molecule has 142 valence electrons. The minimum absolute atomic E-state index is 0.216. The molecule has 7 nitrogen and oxygen atoms in total. The van der Waals surface area contributed by atoms with Crippen LogP contribution in [0.4, 0.5) is 17.3 Å². The van der Waals surface area contributed by atoms with Crippen molar-refractivity contribution in [1.82, 2.24) is 14.9 Å². The van der Waals surface area contributed by atoms with E-state index in [0.717, 1.165) is 50.4 Å². The summed E-state index contributed by atoms with van der Waals surface area (Å²) in [6.07, 6.45) is 2.27. The Morgan fingerprint density at radius 2 is 1.78 bits per heavy atom. The molecule has 1 aromatic carbocycles. The second-order valence-corrected chi connectivity index (χ2v) is 7.43. The number of nitrogens with one attached hydrogen (secondary N) is 2. The Balaban J connectivity index is 1.41. The maximum Gasteiger partial charge on any atom is 0.274 e. The summed E-state index contributed by atoms with van der Waals surface area (Å²) in [6, 6.07) is 10.2. The van der Waals surface area contributed by atoms with Gasteiger partial charge in [-0.1, -0.05) is 0 Å². The number of nitrogens with zero attached hydrogens (tertiary/aromatic N) is 4. The molecule has 7 heteroatoms. The fourth-order valence-corrected chi connectivity index (χ4v) is 3.18. The van der Waals surface area contributed by atoms with E-state index >= 15 is 0 Å². The molecule has 2 N–H and O–H groups in total. The zero-order valence-corrected chi connectivity index (χ0v) is 15.9. The minimum atomic E-state index is -0.216. The number of rotatable bonds is 5. The summed E-state index contributed by atoms with van der Waals surface area (Å²) in [5, 5.41) is 6.19. The van der Waals surface area contributed by atoms with Crippen LogP contribution in [0, 0.1) is 6.92 Å². The molecular weight excluding hydrogens is 340 g/mol. The first-order valence-corrected chi connectivity index (χ1v) is 9.54. The number of carbonyl (C=O) groups is 1. The molecule has 1 aliphatic heterocycles. The minimum Gasteiger partial charge on any atom is -0.369 e. The van der Waals surface area contributed by atoms with Gasteiger partial charge in [0.15, 0.2) is 0 Å². The molecule has 0 unspecified atom stereocenters. The molecule has 1 aromatic heterocycles. The molecule has 2 aliphatic rings. The van der Waals surface area contributed by atoms with Crippen LogP contribution >= 0.6 is 0 Å². The summed E-state index contributed by atoms with van der Waals surface area (Å²) in [7, 11) is 2.15. The Labute approximate surface area is 159 Å². The lowest BCUT2D eigenvalue weighted by Crippen LogP contribution is -2.44. The van der Waals surface area contributed by atoms with Gasteiger partial charge < -0.3 is 20.4 Å². The predicted molar refractivity (Wildman–Crippen MR) is 108 cm³/mol. The van der Waals surface area contributed by atoms with Gasteiger partial charge in [-0.3, -0.25) is 4.79 Å². The second-order valence-electron chi connectivity index (χ2n) is 7.43. The quantitative estimate of drug-likeness (QED) is 0.846. The summed E-state index contributed by atoms with van der Waals surface area (Å²) in [5.41, 5.74) is 3.12. The molecule has 1 saturated carbocycles. The van der Waals surface area contributed by atoms with Crippen LogP contribution < -0.4 is 15.5 Å². The lowest BCUT2D eigenvalue weighted by molar-refractivity contribution is 0.102. The Hall–Kier alpha value is -2.67. The van der Waals surface area contributed by atoms with Crippen molar-refractivity contribution in [2.75, 3.05) is 48.8 Å². The van der Waals surface area contributed by atoms with Crippen molar-refractivity contribution in [3.63, 3.8) is 0 Å². The Morgan fingerprint density at radius 3 is 2.44 bits per heavy atom. The number of carbonyl (C=O) groups excluding carboxylic acids is 1. The normalized spacial score (nSPS) is 17.6. The first-order valence-electron chi connectivity index (χ1n) is 9.54. The molecule has 1 aliphatic carbocycles. The summed E-state index contributed by atoms with van der Waals surface area (Å²) in [4.78, 5) is 26.0. The van der Waals surface area contributed by atoms with Crippen molar-refractivity contribution < 1.29 is 4.79 Å². The first-order chi connectivity index (χ1) is 13.1. The highest BCUT2D eigenvalue weighted by Gasteiger charge is 2.22. The van der Waals surface area contributed by atoms with Gasteiger partial charge in [0, 0.05) is 49.3 Å². The number of likely N-dealkylation sites (N-methyl/N-ethyl adjacent to an activating group) is 1. The number of aromatic nitrogens is 2. The number of hydrogen-bond donors (Lipinski definition) is 2. The van der Waals surface area contributed by atoms with Crippen molar-refractivity contribution in [2.24, 2.45) is 0 Å². The van der Waals surface area contributed by atoms with Gasteiger partial charge >= 0.3 is 0 Å². The standard InChI is InChI=1S/C20H26N6O/c1-14-13-18(24-20(21-14)23-16-3-4-16)19(27)22-15-5-7-17(8-6-15)26-11-9-25(2)10-12-26/h5-8,13,16H,3-4,9-12H2,1-2H3,(H,22,27)(H,21,23,24). The van der Waals surface area contributed by atoms with Gasteiger partial charge in [0.05, 0.1) is 0 Å². The fraction of sp³-hybridized carbons (Fsp3) is 0.450. The third-order valence-corrected chi connectivity index (χ3v) is 4.99. The van der Waals surface area contributed by atoms with E-state index in [9.17, 15) is 4.79 Å². The van der Waals surface area contributed by atoms with Crippen LogP contribution in [0.1, 0.15) is 29.0 Å². The van der Waals surface area contributed by atoms with Gasteiger partial charge in [-0.15, -0.1) is 0 Å². The highest BCUT2D eigenvalue weighted by molar-refractivity contribution is 6.03. The number of aryl methyl sites for hydroxylation is 1. The predicted octanol–water partition coefficient (Wildman–Crippen LogP) is 2.36. The summed E-state index contributed by atoms with van der Waals surface area (Å²) >= 11 is 0. The lowest BCUT2D eigenvalue weighted by atomic mass is 10.2. The number of piperazine rings is 1. The van der Waals surface area contributed by atoms with E-state index in [0.29, 0.717) is 17.7 Å². The van der Waals surface area contributed by atoms with Crippen LogP contribution in [-0.2, 0) is 0 Å².